The molecule has 20 nitrogen and oxygen atoms in total. The molecule has 2 aliphatic heterocycles. The van der Waals surface area contributed by atoms with Gasteiger partial charge in [-0.25, -0.2) is 15.0 Å². The van der Waals surface area contributed by atoms with E-state index in [9.17, 15) is 29.1 Å². The first kappa shape index (κ1) is 58.8. The highest BCUT2D eigenvalue weighted by Gasteiger charge is 2.44. The minimum absolute atomic E-state index is 0.00917. The van der Waals surface area contributed by atoms with Crippen LogP contribution in [-0.4, -0.2) is 144 Å². The number of nitrogens with one attached hydrogen (secondary N) is 4. The van der Waals surface area contributed by atoms with E-state index in [1.165, 1.54) is 16.7 Å². The molecule has 6 rings (SSSR count). The Morgan fingerprint density at radius 2 is 1.59 bits per heavy atom. The molecule has 0 radical (unpaired) electrons. The lowest BCUT2D eigenvalue weighted by Gasteiger charge is -2.37. The normalized spacial score (nSPS) is 17.3. The number of aliphatic hydroxyl groups excluding tert-OH is 1. The summed E-state index contributed by atoms with van der Waals surface area (Å²) in [6, 6.07) is 10.9. The SMILES string of the molecule is Cc1ncsc1-c1ccc([C@H](C)NC(=O)[C@@H]2C[C@@H](O)CN2C(=O)[C@@H](NC(=O)CCOCCOCCOCCNC(=O)CCC(=O)Nc2cccc(Sc3ncc(N4CCC(C)(N)CC4)nc3N)c2Cl)C(C)(C)C)cc1. The van der Waals surface area contributed by atoms with Crippen LogP contribution < -0.4 is 37.6 Å². The van der Waals surface area contributed by atoms with Gasteiger partial charge in [-0.3, -0.25) is 24.0 Å². The largest absolute Gasteiger partial charge is 0.391 e. The van der Waals surface area contributed by atoms with Crippen molar-refractivity contribution in [1.29, 1.82) is 0 Å². The van der Waals surface area contributed by atoms with Crippen LogP contribution in [0.4, 0.5) is 17.3 Å². The number of aliphatic hydroxyl groups is 1. The maximum atomic E-state index is 14.0. The lowest BCUT2D eigenvalue weighted by atomic mass is 9.85. The zero-order chi connectivity index (χ0) is 54.3. The van der Waals surface area contributed by atoms with Gasteiger partial charge in [0.1, 0.15) is 22.9 Å². The van der Waals surface area contributed by atoms with Crippen LogP contribution in [0.1, 0.15) is 90.4 Å². The third-order valence-electron chi connectivity index (χ3n) is 12.9. The number of likely N-dealkylation sites (tertiary alicyclic amines) is 1. The molecular formula is C52H72ClN11O9S2. The first-order chi connectivity index (χ1) is 35.7. The van der Waals surface area contributed by atoms with Crippen molar-refractivity contribution in [3.63, 3.8) is 0 Å². The summed E-state index contributed by atoms with van der Waals surface area (Å²) in [7, 11) is 0. The van der Waals surface area contributed by atoms with Gasteiger partial charge in [0.05, 0.1) is 84.8 Å². The van der Waals surface area contributed by atoms with E-state index in [0.29, 0.717) is 26.4 Å². The Morgan fingerprint density at radius 3 is 2.24 bits per heavy atom. The number of carbonyl (C=O) groups excluding carboxylic acids is 5. The summed E-state index contributed by atoms with van der Waals surface area (Å²) in [5.41, 5.74) is 16.7. The molecule has 0 aliphatic carbocycles. The minimum Gasteiger partial charge on any atom is -0.391 e. The van der Waals surface area contributed by atoms with Gasteiger partial charge in [-0.2, -0.15) is 0 Å². The monoisotopic (exact) mass is 1090 g/mol. The number of anilines is 3. The van der Waals surface area contributed by atoms with Crippen LogP contribution in [0.5, 0.6) is 0 Å². The maximum Gasteiger partial charge on any atom is 0.246 e. The Hall–Kier alpha value is -5.46. The van der Waals surface area contributed by atoms with Gasteiger partial charge in [0.25, 0.3) is 0 Å². The molecule has 4 atom stereocenters. The second-order valence-corrected chi connectivity index (χ2v) is 22.4. The molecule has 2 fully saturated rings. The van der Waals surface area contributed by atoms with Crippen molar-refractivity contribution in [3.8, 4) is 10.4 Å². The Morgan fingerprint density at radius 1 is 0.920 bits per heavy atom. The molecule has 4 heterocycles. The van der Waals surface area contributed by atoms with Crippen LogP contribution in [0.2, 0.25) is 5.02 Å². The quantitative estimate of drug-likeness (QED) is 0.0417. The number of ether oxygens (including phenoxy) is 3. The van der Waals surface area contributed by atoms with Gasteiger partial charge in [-0.05, 0) is 62.3 Å². The second-order valence-electron chi connectivity index (χ2n) is 20.1. The number of carbonyl (C=O) groups is 5. The fraction of sp³-hybridized carbons (Fsp3) is 0.538. The Kier molecular flexibility index (Phi) is 21.6. The summed E-state index contributed by atoms with van der Waals surface area (Å²) >= 11 is 9.47. The van der Waals surface area contributed by atoms with E-state index in [-0.39, 0.29) is 114 Å². The standard InChI is InChI=1S/C52H72ClN11O9S2/c1-32(34-10-12-35(13-11-34)45-33(2)58-31-74-45)59-48(69)38-28-36(65)30-64(38)50(70)46(51(3,4)5)62-43(68)16-22-71-24-26-73-27-25-72-23-19-56-41(66)14-15-42(67)60-37-8-7-9-39(44(37)53)75-49-47(54)61-40(29-57-49)63-20-17-52(6,55)18-21-63/h7-13,29,31-32,36,38,46,65H,14-28,30,55H2,1-6H3,(H2,54,61)(H,56,66)(H,59,69)(H,60,67)(H,62,68)/t32-,36+,38-,46+/m0/s1. The van der Waals surface area contributed by atoms with Gasteiger partial charge < -0.3 is 61.9 Å². The highest BCUT2D eigenvalue weighted by Crippen LogP contribution is 2.39. The third-order valence-corrected chi connectivity index (χ3v) is 15.4. The summed E-state index contributed by atoms with van der Waals surface area (Å²) in [6.45, 7) is 14.5. The number of nitrogen functional groups attached to an aromatic ring is 1. The first-order valence-corrected chi connectivity index (χ1v) is 27.3. The average Bonchev–Trinajstić information content (AvgIpc) is 3.99. The number of benzene rings is 2. The predicted molar refractivity (Wildman–Crippen MR) is 290 cm³/mol. The van der Waals surface area contributed by atoms with Crippen molar-refractivity contribution < 1.29 is 43.3 Å². The molecule has 2 saturated heterocycles. The fourth-order valence-electron chi connectivity index (χ4n) is 8.40. The van der Waals surface area contributed by atoms with Crippen LogP contribution in [0.3, 0.4) is 0 Å². The molecule has 0 saturated carbocycles. The Balaban J connectivity index is 0.801. The van der Waals surface area contributed by atoms with E-state index in [0.717, 1.165) is 47.6 Å². The summed E-state index contributed by atoms with van der Waals surface area (Å²) in [5.74, 6) is -0.942. The number of hydrogen-bond acceptors (Lipinski definition) is 17. The number of thiazole rings is 1. The van der Waals surface area contributed by atoms with Crippen LogP contribution in [0.15, 0.2) is 64.1 Å². The average molecular weight is 1090 g/mol. The molecule has 0 bridgehead atoms. The second kappa shape index (κ2) is 27.5. The van der Waals surface area contributed by atoms with Gasteiger partial charge in [-0.15, -0.1) is 11.3 Å². The van der Waals surface area contributed by atoms with Crippen molar-refractivity contribution in [2.75, 3.05) is 81.8 Å². The summed E-state index contributed by atoms with van der Waals surface area (Å²) in [6.07, 6.45) is 2.46. The van der Waals surface area contributed by atoms with Crippen molar-refractivity contribution in [1.82, 2.24) is 35.8 Å². The van der Waals surface area contributed by atoms with Crippen LogP contribution in [0, 0.1) is 12.3 Å². The number of aromatic nitrogens is 3. The van der Waals surface area contributed by atoms with E-state index in [1.54, 1.807) is 35.7 Å². The maximum absolute atomic E-state index is 14.0. The number of rotatable bonds is 25. The lowest BCUT2D eigenvalue weighted by molar-refractivity contribution is -0.144. The fourth-order valence-corrected chi connectivity index (χ4v) is 10.3. The van der Waals surface area contributed by atoms with E-state index in [2.05, 4.69) is 41.1 Å². The lowest BCUT2D eigenvalue weighted by Crippen LogP contribution is -2.58. The highest BCUT2D eigenvalue weighted by molar-refractivity contribution is 7.99. The van der Waals surface area contributed by atoms with E-state index in [4.69, 9.17) is 37.3 Å². The molecule has 75 heavy (non-hydrogen) atoms. The predicted octanol–water partition coefficient (Wildman–Crippen LogP) is 5.26. The molecule has 23 heteroatoms. The molecule has 2 aromatic heterocycles. The molecule has 2 aromatic carbocycles. The van der Waals surface area contributed by atoms with Gasteiger partial charge in [0.2, 0.25) is 29.5 Å². The molecule has 408 valence electrons. The molecule has 9 N–H and O–H groups in total. The number of piperidine rings is 1. The first-order valence-electron chi connectivity index (χ1n) is 25.2. The van der Waals surface area contributed by atoms with Crippen molar-refractivity contribution in [2.45, 2.75) is 120 Å². The van der Waals surface area contributed by atoms with Crippen molar-refractivity contribution >= 4 is 81.6 Å². The molecule has 0 spiro atoms. The molecule has 5 amide bonds. The summed E-state index contributed by atoms with van der Waals surface area (Å²) < 4.78 is 16.7. The molecular weight excluding hydrogens is 1020 g/mol. The van der Waals surface area contributed by atoms with Gasteiger partial charge in [-0.1, -0.05) is 74.5 Å². The van der Waals surface area contributed by atoms with E-state index >= 15 is 0 Å². The van der Waals surface area contributed by atoms with Gasteiger partial charge >= 0.3 is 0 Å². The third kappa shape index (κ3) is 17.5. The Bertz CT molecular complexity index is 2570. The van der Waals surface area contributed by atoms with Gasteiger partial charge in [0, 0.05) is 62.3 Å². The zero-order valence-corrected chi connectivity index (χ0v) is 46.0. The van der Waals surface area contributed by atoms with Crippen molar-refractivity contribution in [3.05, 3.63) is 70.5 Å². The number of halogens is 1. The highest BCUT2D eigenvalue weighted by atomic mass is 35.5. The zero-order valence-electron chi connectivity index (χ0n) is 43.6. The van der Waals surface area contributed by atoms with Crippen LogP contribution >= 0.6 is 34.7 Å². The number of nitrogens with two attached hydrogens (primary N) is 2. The number of aryl methyl sites for hydroxylation is 1. The smallest absolute Gasteiger partial charge is 0.246 e. The molecule has 0 unspecified atom stereocenters. The van der Waals surface area contributed by atoms with Crippen LogP contribution in [-0.2, 0) is 38.2 Å². The number of hydrogen-bond donors (Lipinski definition) is 7. The van der Waals surface area contributed by atoms with Gasteiger partial charge in [0.15, 0.2) is 5.82 Å². The van der Waals surface area contributed by atoms with E-state index < -0.39 is 35.4 Å². The van der Waals surface area contributed by atoms with E-state index in [1.807, 2.05) is 71.3 Å². The molecule has 4 aromatic rings. The number of amides is 5. The van der Waals surface area contributed by atoms with Crippen molar-refractivity contribution in [2.24, 2.45) is 11.1 Å². The number of nitrogens with zero attached hydrogens (tertiary/aromatic N) is 5. The van der Waals surface area contributed by atoms with Crippen LogP contribution in [0.25, 0.3) is 10.4 Å². The Labute approximate surface area is 452 Å². The summed E-state index contributed by atoms with van der Waals surface area (Å²) in [5, 5.41) is 22.8. The minimum atomic E-state index is -0.961. The topological polar surface area (TPSA) is 279 Å². The number of β-amino-alcohol motifs (C(OH)–C–C–N with tert-alkyl or cyclic N) is 1. The summed E-state index contributed by atoms with van der Waals surface area (Å²) in [4.78, 5) is 84.5. The molecule has 2 aliphatic rings.